The predicted octanol–water partition coefficient (Wildman–Crippen LogP) is 2.93. The second-order valence-corrected chi connectivity index (χ2v) is 3.59. The number of carbonyl (C=O) groups is 1. The van der Waals surface area contributed by atoms with E-state index in [0.29, 0.717) is 5.56 Å². The Morgan fingerprint density at radius 2 is 1.92 bits per heavy atom. The van der Waals surface area contributed by atoms with Crippen LogP contribution in [0.4, 0.5) is 0 Å². The Hall–Kier alpha value is -0.470. The Kier molecular flexibility index (Phi) is 4.33. The molecule has 0 radical (unpaired) electrons. The SMILES string of the molecule is O=C(Cl)c1ccc(CCCS)cc1. The Balaban J connectivity index is 2.64. The largest absolute Gasteiger partial charge is 0.276 e. The molecular weight excluding hydrogens is 204 g/mol. The second kappa shape index (κ2) is 5.30. The van der Waals surface area contributed by atoms with Gasteiger partial charge in [-0.1, -0.05) is 12.1 Å². The molecule has 3 heteroatoms. The molecule has 0 heterocycles. The highest BCUT2D eigenvalue weighted by Crippen LogP contribution is 2.08. The summed E-state index contributed by atoms with van der Waals surface area (Å²) in [5.41, 5.74) is 1.77. The average molecular weight is 215 g/mol. The Morgan fingerprint density at radius 1 is 1.31 bits per heavy atom. The lowest BCUT2D eigenvalue weighted by molar-refractivity contribution is 0.108. The van der Waals surface area contributed by atoms with Crippen LogP contribution in [0.3, 0.4) is 0 Å². The fraction of sp³-hybridized carbons (Fsp3) is 0.300. The van der Waals surface area contributed by atoms with E-state index < -0.39 is 5.24 Å². The normalized spacial score (nSPS) is 10.0. The molecule has 0 fully saturated rings. The molecule has 70 valence electrons. The van der Waals surface area contributed by atoms with Crippen LogP contribution in [-0.2, 0) is 6.42 Å². The average Bonchev–Trinajstić information content (AvgIpc) is 2.15. The number of aryl methyl sites for hydroxylation is 1. The number of hydrogen-bond donors (Lipinski definition) is 1. The van der Waals surface area contributed by atoms with Crippen molar-refractivity contribution in [2.24, 2.45) is 0 Å². The van der Waals surface area contributed by atoms with Gasteiger partial charge in [-0.3, -0.25) is 4.79 Å². The maximum absolute atomic E-state index is 10.7. The summed E-state index contributed by atoms with van der Waals surface area (Å²) in [6, 6.07) is 7.37. The van der Waals surface area contributed by atoms with Crippen molar-refractivity contribution in [1.29, 1.82) is 0 Å². The summed E-state index contributed by atoms with van der Waals surface area (Å²) < 4.78 is 0. The van der Waals surface area contributed by atoms with E-state index in [2.05, 4.69) is 12.6 Å². The molecule has 1 rings (SSSR count). The Morgan fingerprint density at radius 3 is 2.38 bits per heavy atom. The molecule has 0 bridgehead atoms. The van der Waals surface area contributed by atoms with E-state index >= 15 is 0 Å². The van der Waals surface area contributed by atoms with Crippen molar-refractivity contribution in [3.05, 3.63) is 35.4 Å². The van der Waals surface area contributed by atoms with Crippen molar-refractivity contribution < 1.29 is 4.79 Å². The number of hydrogen-bond acceptors (Lipinski definition) is 2. The number of rotatable bonds is 4. The first kappa shape index (κ1) is 10.6. The lowest BCUT2D eigenvalue weighted by Gasteiger charge is -1.99. The van der Waals surface area contributed by atoms with Crippen LogP contribution >= 0.6 is 24.2 Å². The first-order valence-corrected chi connectivity index (χ1v) is 5.14. The molecule has 0 aliphatic heterocycles. The van der Waals surface area contributed by atoms with Crippen LogP contribution in [0, 0.1) is 0 Å². The first-order valence-electron chi connectivity index (χ1n) is 4.13. The lowest BCUT2D eigenvalue weighted by atomic mass is 10.1. The maximum Gasteiger partial charge on any atom is 0.252 e. The number of halogens is 1. The zero-order valence-electron chi connectivity index (χ0n) is 7.16. The van der Waals surface area contributed by atoms with Crippen LogP contribution in [0.25, 0.3) is 0 Å². The van der Waals surface area contributed by atoms with E-state index in [1.54, 1.807) is 12.1 Å². The summed E-state index contributed by atoms with van der Waals surface area (Å²) in [6.07, 6.45) is 2.05. The minimum Gasteiger partial charge on any atom is -0.276 e. The molecule has 0 aromatic heterocycles. The van der Waals surface area contributed by atoms with Crippen LogP contribution in [0.5, 0.6) is 0 Å². The van der Waals surface area contributed by atoms with Gasteiger partial charge in [-0.05, 0) is 47.9 Å². The highest BCUT2D eigenvalue weighted by molar-refractivity contribution is 7.80. The topological polar surface area (TPSA) is 17.1 Å². The molecule has 0 unspecified atom stereocenters. The van der Waals surface area contributed by atoms with Crippen molar-refractivity contribution in [3.8, 4) is 0 Å². The monoisotopic (exact) mass is 214 g/mol. The van der Waals surface area contributed by atoms with Gasteiger partial charge in [-0.15, -0.1) is 0 Å². The third kappa shape index (κ3) is 3.41. The molecular formula is C10H11ClOS. The second-order valence-electron chi connectivity index (χ2n) is 2.80. The molecule has 1 aromatic carbocycles. The molecule has 0 aliphatic rings. The highest BCUT2D eigenvalue weighted by atomic mass is 35.5. The molecule has 0 amide bonds. The van der Waals surface area contributed by atoms with Gasteiger partial charge in [0.2, 0.25) is 0 Å². The molecule has 0 saturated heterocycles. The fourth-order valence-corrected chi connectivity index (χ4v) is 1.37. The van der Waals surface area contributed by atoms with Crippen LogP contribution in [0.1, 0.15) is 22.3 Å². The van der Waals surface area contributed by atoms with E-state index in [4.69, 9.17) is 11.6 Å². The lowest BCUT2D eigenvalue weighted by Crippen LogP contribution is -1.90. The van der Waals surface area contributed by atoms with Crippen LogP contribution in [0.15, 0.2) is 24.3 Å². The van der Waals surface area contributed by atoms with Gasteiger partial charge >= 0.3 is 0 Å². The van der Waals surface area contributed by atoms with Crippen LogP contribution in [0.2, 0.25) is 0 Å². The molecule has 0 atom stereocenters. The van der Waals surface area contributed by atoms with Crippen LogP contribution < -0.4 is 0 Å². The van der Waals surface area contributed by atoms with Crippen molar-refractivity contribution >= 4 is 29.5 Å². The maximum atomic E-state index is 10.7. The molecule has 0 spiro atoms. The van der Waals surface area contributed by atoms with E-state index in [9.17, 15) is 4.79 Å². The van der Waals surface area contributed by atoms with Crippen molar-refractivity contribution in [2.45, 2.75) is 12.8 Å². The zero-order chi connectivity index (χ0) is 9.68. The standard InChI is InChI=1S/C10H11ClOS/c11-10(12)9-5-3-8(4-6-9)2-1-7-13/h3-6,13H,1-2,7H2. The molecule has 13 heavy (non-hydrogen) atoms. The summed E-state index contributed by atoms with van der Waals surface area (Å²) in [5, 5.41) is -0.402. The quantitative estimate of drug-likeness (QED) is 0.603. The Bertz CT molecular complexity index is 281. The molecule has 1 aromatic rings. The first-order chi connectivity index (χ1) is 6.24. The third-order valence-electron chi connectivity index (χ3n) is 1.80. The fourth-order valence-electron chi connectivity index (χ4n) is 1.09. The van der Waals surface area contributed by atoms with Gasteiger partial charge in [0, 0.05) is 5.56 Å². The number of carbonyl (C=O) groups excluding carboxylic acids is 1. The summed E-state index contributed by atoms with van der Waals surface area (Å²) in [7, 11) is 0. The summed E-state index contributed by atoms with van der Waals surface area (Å²) >= 11 is 9.44. The van der Waals surface area contributed by atoms with Gasteiger partial charge in [0.05, 0.1) is 0 Å². The zero-order valence-corrected chi connectivity index (χ0v) is 8.81. The summed E-state index contributed by atoms with van der Waals surface area (Å²) in [6.45, 7) is 0. The molecule has 0 N–H and O–H groups in total. The summed E-state index contributed by atoms with van der Waals surface area (Å²) in [4.78, 5) is 10.7. The number of thiol groups is 1. The van der Waals surface area contributed by atoms with Crippen molar-refractivity contribution in [3.63, 3.8) is 0 Å². The molecule has 1 nitrogen and oxygen atoms in total. The van der Waals surface area contributed by atoms with E-state index in [-0.39, 0.29) is 0 Å². The predicted molar refractivity (Wildman–Crippen MR) is 58.8 cm³/mol. The Labute approximate surface area is 88.5 Å². The highest BCUT2D eigenvalue weighted by Gasteiger charge is 2.00. The molecule has 0 aliphatic carbocycles. The molecule has 0 saturated carbocycles. The minimum atomic E-state index is -0.402. The van der Waals surface area contributed by atoms with Crippen molar-refractivity contribution in [1.82, 2.24) is 0 Å². The van der Waals surface area contributed by atoms with Gasteiger partial charge < -0.3 is 0 Å². The van der Waals surface area contributed by atoms with Gasteiger partial charge in [-0.2, -0.15) is 12.6 Å². The van der Waals surface area contributed by atoms with Gasteiger partial charge in [-0.25, -0.2) is 0 Å². The van der Waals surface area contributed by atoms with E-state index in [1.165, 1.54) is 5.56 Å². The van der Waals surface area contributed by atoms with Crippen LogP contribution in [-0.4, -0.2) is 11.0 Å². The minimum absolute atomic E-state index is 0.402. The third-order valence-corrected chi connectivity index (χ3v) is 2.34. The van der Waals surface area contributed by atoms with Crippen molar-refractivity contribution in [2.75, 3.05) is 5.75 Å². The summed E-state index contributed by atoms with van der Waals surface area (Å²) in [5.74, 6) is 0.885. The number of benzene rings is 1. The smallest absolute Gasteiger partial charge is 0.252 e. The van der Waals surface area contributed by atoms with Gasteiger partial charge in [0.25, 0.3) is 5.24 Å². The van der Waals surface area contributed by atoms with Gasteiger partial charge in [0.1, 0.15) is 0 Å². The van der Waals surface area contributed by atoms with E-state index in [0.717, 1.165) is 18.6 Å². The van der Waals surface area contributed by atoms with Gasteiger partial charge in [0.15, 0.2) is 0 Å². The van der Waals surface area contributed by atoms with E-state index in [1.807, 2.05) is 12.1 Å².